The van der Waals surface area contributed by atoms with Crippen molar-refractivity contribution < 1.29 is 9.90 Å². The van der Waals surface area contributed by atoms with Crippen LogP contribution in [0, 0.1) is 13.8 Å². The van der Waals surface area contributed by atoms with Crippen LogP contribution >= 0.6 is 0 Å². The van der Waals surface area contributed by atoms with Crippen molar-refractivity contribution in [3.05, 3.63) is 17.0 Å². The van der Waals surface area contributed by atoms with E-state index in [-0.39, 0.29) is 12.5 Å². The Labute approximate surface area is 95.5 Å². The molecule has 1 heterocycles. The maximum absolute atomic E-state index is 11.6. The molecule has 0 aliphatic carbocycles. The molecule has 0 aliphatic rings. The second kappa shape index (κ2) is 5.12. The molecule has 0 saturated carbocycles. The lowest BCUT2D eigenvalue weighted by molar-refractivity contribution is -0.120. The lowest BCUT2D eigenvalue weighted by Crippen LogP contribution is -2.31. The Hall–Kier alpha value is -1.36. The Kier molecular flexibility index (Phi) is 4.06. The predicted molar refractivity (Wildman–Crippen MR) is 61.1 cm³/mol. The zero-order chi connectivity index (χ0) is 12.3. The van der Waals surface area contributed by atoms with Crippen molar-refractivity contribution in [1.82, 2.24) is 15.1 Å². The molecule has 1 aromatic rings. The Balaban J connectivity index is 2.63. The van der Waals surface area contributed by atoms with Crippen LogP contribution in [0.25, 0.3) is 0 Å². The van der Waals surface area contributed by atoms with Crippen LogP contribution in [-0.2, 0) is 18.3 Å². The number of hydrogen-bond donors (Lipinski definition) is 2. The number of nitrogens with zero attached hydrogens (tertiary/aromatic N) is 2. The number of aliphatic hydroxyl groups excluding tert-OH is 1. The molecule has 0 fully saturated rings. The molecule has 90 valence electrons. The van der Waals surface area contributed by atoms with E-state index in [1.54, 1.807) is 11.6 Å². The predicted octanol–water partition coefficient (Wildman–Crippen LogP) is 0.0764. The number of nitrogens with one attached hydrogen (secondary N) is 1. The number of aryl methyl sites for hydroxylation is 2. The van der Waals surface area contributed by atoms with E-state index in [1.165, 1.54) is 0 Å². The van der Waals surface area contributed by atoms with Crippen LogP contribution in [0.1, 0.15) is 23.9 Å². The van der Waals surface area contributed by atoms with Crippen molar-refractivity contribution in [2.24, 2.45) is 7.05 Å². The number of amides is 1. The zero-order valence-corrected chi connectivity index (χ0v) is 10.2. The highest BCUT2D eigenvalue weighted by Crippen LogP contribution is 2.12. The van der Waals surface area contributed by atoms with E-state index in [1.807, 2.05) is 20.9 Å². The van der Waals surface area contributed by atoms with Gasteiger partial charge in [-0.05, 0) is 20.8 Å². The van der Waals surface area contributed by atoms with Gasteiger partial charge in [0.2, 0.25) is 5.91 Å². The van der Waals surface area contributed by atoms with Crippen LogP contribution in [0.3, 0.4) is 0 Å². The van der Waals surface area contributed by atoms with Crippen LogP contribution in [0.2, 0.25) is 0 Å². The molecule has 0 aliphatic heterocycles. The molecule has 0 bridgehead atoms. The molecule has 5 nitrogen and oxygen atoms in total. The van der Waals surface area contributed by atoms with Crippen molar-refractivity contribution in [2.75, 3.05) is 6.54 Å². The summed E-state index contributed by atoms with van der Waals surface area (Å²) < 4.78 is 1.77. The van der Waals surface area contributed by atoms with Gasteiger partial charge in [-0.25, -0.2) is 0 Å². The minimum atomic E-state index is -0.514. The molecule has 2 N–H and O–H groups in total. The smallest absolute Gasteiger partial charge is 0.224 e. The first-order valence-electron chi connectivity index (χ1n) is 5.35. The number of carbonyl (C=O) groups is 1. The fourth-order valence-electron chi connectivity index (χ4n) is 1.56. The second-order valence-electron chi connectivity index (χ2n) is 4.10. The van der Waals surface area contributed by atoms with E-state index in [0.717, 1.165) is 17.0 Å². The van der Waals surface area contributed by atoms with Gasteiger partial charge in [-0.3, -0.25) is 9.48 Å². The van der Waals surface area contributed by atoms with Gasteiger partial charge in [0.15, 0.2) is 0 Å². The van der Waals surface area contributed by atoms with Gasteiger partial charge >= 0.3 is 0 Å². The Morgan fingerprint density at radius 2 is 2.19 bits per heavy atom. The van der Waals surface area contributed by atoms with Gasteiger partial charge in [0.05, 0.1) is 18.2 Å². The van der Waals surface area contributed by atoms with Crippen LogP contribution in [0.4, 0.5) is 0 Å². The summed E-state index contributed by atoms with van der Waals surface area (Å²) in [6.45, 7) is 5.76. The van der Waals surface area contributed by atoms with Gasteiger partial charge in [-0.1, -0.05) is 0 Å². The van der Waals surface area contributed by atoms with E-state index in [0.29, 0.717) is 6.42 Å². The van der Waals surface area contributed by atoms with Crippen molar-refractivity contribution in [3.63, 3.8) is 0 Å². The van der Waals surface area contributed by atoms with Crippen molar-refractivity contribution in [3.8, 4) is 0 Å². The first-order chi connectivity index (χ1) is 7.41. The average molecular weight is 225 g/mol. The first-order valence-corrected chi connectivity index (χ1v) is 5.35. The van der Waals surface area contributed by atoms with Crippen LogP contribution in [0.15, 0.2) is 0 Å². The summed E-state index contributed by atoms with van der Waals surface area (Å²) in [4.78, 5) is 11.6. The highest BCUT2D eigenvalue weighted by molar-refractivity contribution is 5.79. The third-order valence-corrected chi connectivity index (χ3v) is 2.59. The molecule has 0 radical (unpaired) electrons. The summed E-state index contributed by atoms with van der Waals surface area (Å²) in [5.41, 5.74) is 2.85. The first kappa shape index (κ1) is 12.7. The van der Waals surface area contributed by atoms with Crippen molar-refractivity contribution >= 4 is 5.91 Å². The molecule has 1 amide bonds. The Morgan fingerprint density at radius 3 is 2.62 bits per heavy atom. The monoisotopic (exact) mass is 225 g/mol. The molecule has 1 rings (SSSR count). The summed E-state index contributed by atoms with van der Waals surface area (Å²) in [6, 6.07) is 0. The van der Waals surface area contributed by atoms with Crippen molar-refractivity contribution in [2.45, 2.75) is 33.3 Å². The van der Waals surface area contributed by atoms with E-state index < -0.39 is 6.10 Å². The van der Waals surface area contributed by atoms with Gasteiger partial charge in [-0.15, -0.1) is 0 Å². The van der Waals surface area contributed by atoms with E-state index in [2.05, 4.69) is 10.4 Å². The summed E-state index contributed by atoms with van der Waals surface area (Å²) in [5.74, 6) is -0.0832. The minimum Gasteiger partial charge on any atom is -0.392 e. The number of aromatic nitrogens is 2. The fraction of sp³-hybridized carbons (Fsp3) is 0.636. The molecule has 5 heteroatoms. The van der Waals surface area contributed by atoms with Gasteiger partial charge in [0.1, 0.15) is 0 Å². The molecular formula is C11H19N3O2. The van der Waals surface area contributed by atoms with E-state index in [9.17, 15) is 4.79 Å². The van der Waals surface area contributed by atoms with E-state index in [4.69, 9.17) is 5.11 Å². The maximum Gasteiger partial charge on any atom is 0.224 e. The summed E-state index contributed by atoms with van der Waals surface area (Å²) in [5, 5.41) is 16.0. The summed E-state index contributed by atoms with van der Waals surface area (Å²) >= 11 is 0. The molecule has 1 unspecified atom stereocenters. The number of rotatable bonds is 4. The highest BCUT2D eigenvalue weighted by atomic mass is 16.3. The molecule has 0 saturated heterocycles. The lowest BCUT2D eigenvalue weighted by Gasteiger charge is -2.07. The summed E-state index contributed by atoms with van der Waals surface area (Å²) in [6.07, 6.45) is -0.196. The lowest BCUT2D eigenvalue weighted by atomic mass is 10.1. The van der Waals surface area contributed by atoms with Gasteiger partial charge in [0.25, 0.3) is 0 Å². The van der Waals surface area contributed by atoms with Gasteiger partial charge in [0, 0.05) is 24.8 Å². The quantitative estimate of drug-likeness (QED) is 0.762. The molecule has 16 heavy (non-hydrogen) atoms. The molecule has 1 aromatic heterocycles. The largest absolute Gasteiger partial charge is 0.392 e. The second-order valence-corrected chi connectivity index (χ2v) is 4.10. The zero-order valence-electron chi connectivity index (χ0n) is 10.2. The fourth-order valence-corrected chi connectivity index (χ4v) is 1.56. The third kappa shape index (κ3) is 3.06. The van der Waals surface area contributed by atoms with Crippen molar-refractivity contribution in [1.29, 1.82) is 0 Å². The molecule has 1 atom stereocenters. The molecule has 0 spiro atoms. The minimum absolute atomic E-state index is 0.0832. The normalized spacial score (nSPS) is 12.6. The topological polar surface area (TPSA) is 67.2 Å². The number of carbonyl (C=O) groups excluding carboxylic acids is 1. The average Bonchev–Trinajstić information content (AvgIpc) is 2.42. The van der Waals surface area contributed by atoms with Crippen LogP contribution < -0.4 is 5.32 Å². The van der Waals surface area contributed by atoms with Crippen LogP contribution in [-0.4, -0.2) is 33.4 Å². The Bertz CT molecular complexity index is 383. The van der Waals surface area contributed by atoms with Crippen LogP contribution in [0.5, 0.6) is 0 Å². The maximum atomic E-state index is 11.6. The number of aliphatic hydroxyl groups is 1. The summed E-state index contributed by atoms with van der Waals surface area (Å²) in [7, 11) is 1.86. The third-order valence-electron chi connectivity index (χ3n) is 2.59. The Morgan fingerprint density at radius 1 is 1.56 bits per heavy atom. The van der Waals surface area contributed by atoms with E-state index >= 15 is 0 Å². The molecule has 0 aromatic carbocycles. The number of hydrogen-bond acceptors (Lipinski definition) is 3. The van der Waals surface area contributed by atoms with Gasteiger partial charge in [-0.2, -0.15) is 5.10 Å². The molecular weight excluding hydrogens is 206 g/mol. The SMILES string of the molecule is Cc1nn(C)c(C)c1CC(=O)NCC(C)O. The standard InChI is InChI=1S/C11H19N3O2/c1-7(15)6-12-11(16)5-10-8(2)13-14(4)9(10)3/h7,15H,5-6H2,1-4H3,(H,12,16). The highest BCUT2D eigenvalue weighted by Gasteiger charge is 2.13. The van der Waals surface area contributed by atoms with Gasteiger partial charge < -0.3 is 10.4 Å².